The van der Waals surface area contributed by atoms with Crippen LogP contribution in [0, 0.1) is 0 Å². The van der Waals surface area contributed by atoms with Gasteiger partial charge in [-0.1, -0.05) is 0 Å². The minimum atomic E-state index is -2.85. The molecule has 0 aromatic heterocycles. The number of amides is 2. The summed E-state index contributed by atoms with van der Waals surface area (Å²) in [6.45, 7) is 3.76. The van der Waals surface area contributed by atoms with Crippen LogP contribution in [0.3, 0.4) is 0 Å². The third-order valence-electron chi connectivity index (χ3n) is 2.31. The monoisotopic (exact) mass is 234 g/mol. The third kappa shape index (κ3) is 4.51. The van der Waals surface area contributed by atoms with Gasteiger partial charge in [-0.15, -0.1) is 0 Å². The number of hydrogen-bond donors (Lipinski definition) is 2. The van der Waals surface area contributed by atoms with Crippen molar-refractivity contribution in [2.75, 3.05) is 11.5 Å². The molecule has 0 aliphatic carbocycles. The van der Waals surface area contributed by atoms with Crippen molar-refractivity contribution in [1.82, 2.24) is 10.6 Å². The summed E-state index contributed by atoms with van der Waals surface area (Å²) in [6.07, 6.45) is 1.04. The SMILES string of the molecule is CC(C)NC(=O)NC1CCS(=O)(=O)CC1. The average molecular weight is 234 g/mol. The Balaban J connectivity index is 2.33. The topological polar surface area (TPSA) is 75.3 Å². The number of carbonyl (C=O) groups is 1. The molecule has 0 atom stereocenters. The van der Waals surface area contributed by atoms with Crippen LogP contribution in [0.15, 0.2) is 0 Å². The first-order chi connectivity index (χ1) is 6.89. The minimum Gasteiger partial charge on any atom is -0.336 e. The van der Waals surface area contributed by atoms with E-state index in [2.05, 4.69) is 10.6 Å². The Labute approximate surface area is 90.5 Å². The van der Waals surface area contributed by atoms with Crippen LogP contribution in [-0.2, 0) is 9.84 Å². The first-order valence-corrected chi connectivity index (χ1v) is 6.98. The number of carbonyl (C=O) groups excluding carboxylic acids is 1. The maximum atomic E-state index is 11.3. The normalized spacial score (nSPS) is 21.3. The molecule has 1 heterocycles. The predicted octanol–water partition coefficient (Wildman–Crippen LogP) is 0.271. The van der Waals surface area contributed by atoms with Crippen molar-refractivity contribution >= 4 is 15.9 Å². The van der Waals surface area contributed by atoms with Crippen LogP contribution in [0.25, 0.3) is 0 Å². The van der Waals surface area contributed by atoms with E-state index in [0.29, 0.717) is 12.8 Å². The van der Waals surface area contributed by atoms with Gasteiger partial charge in [-0.25, -0.2) is 13.2 Å². The van der Waals surface area contributed by atoms with Crippen LogP contribution in [0.4, 0.5) is 4.79 Å². The lowest BCUT2D eigenvalue weighted by molar-refractivity contribution is 0.233. The lowest BCUT2D eigenvalue weighted by Crippen LogP contribution is -2.47. The molecule has 15 heavy (non-hydrogen) atoms. The highest BCUT2D eigenvalue weighted by Crippen LogP contribution is 2.11. The van der Waals surface area contributed by atoms with E-state index >= 15 is 0 Å². The van der Waals surface area contributed by atoms with Crippen LogP contribution in [0.5, 0.6) is 0 Å². The summed E-state index contributed by atoms with van der Waals surface area (Å²) in [7, 11) is -2.85. The zero-order valence-electron chi connectivity index (χ0n) is 9.12. The minimum absolute atomic E-state index is 0.00715. The molecule has 1 rings (SSSR count). The van der Waals surface area contributed by atoms with Crippen molar-refractivity contribution in [2.24, 2.45) is 0 Å². The molecule has 0 radical (unpaired) electrons. The molecule has 1 fully saturated rings. The molecule has 2 N–H and O–H groups in total. The number of urea groups is 1. The quantitative estimate of drug-likeness (QED) is 0.720. The molecule has 0 bridgehead atoms. The first kappa shape index (κ1) is 12.3. The number of rotatable bonds is 2. The molecule has 0 spiro atoms. The number of hydrogen-bond acceptors (Lipinski definition) is 3. The molecule has 1 aliphatic rings. The van der Waals surface area contributed by atoms with Crippen LogP contribution in [-0.4, -0.2) is 38.0 Å². The standard InChI is InChI=1S/C9H18N2O3S/c1-7(2)10-9(12)11-8-3-5-15(13,14)6-4-8/h7-8H,3-6H2,1-2H3,(H2,10,11,12). The highest BCUT2D eigenvalue weighted by Gasteiger charge is 2.24. The highest BCUT2D eigenvalue weighted by molar-refractivity contribution is 7.91. The molecular formula is C9H18N2O3S. The molecule has 88 valence electrons. The Bertz CT molecular complexity index is 310. The molecule has 0 aromatic rings. The Morgan fingerprint density at radius 1 is 1.27 bits per heavy atom. The van der Waals surface area contributed by atoms with Crippen molar-refractivity contribution in [2.45, 2.75) is 38.8 Å². The maximum absolute atomic E-state index is 11.3. The summed E-state index contributed by atoms with van der Waals surface area (Å²) in [5, 5.41) is 5.48. The molecule has 0 unspecified atom stereocenters. The van der Waals surface area contributed by atoms with Crippen molar-refractivity contribution < 1.29 is 13.2 Å². The van der Waals surface area contributed by atoms with Gasteiger partial charge in [0.05, 0.1) is 11.5 Å². The van der Waals surface area contributed by atoms with Gasteiger partial charge in [-0.2, -0.15) is 0 Å². The molecule has 6 heteroatoms. The molecule has 1 aliphatic heterocycles. The second-order valence-electron chi connectivity index (χ2n) is 4.20. The van der Waals surface area contributed by atoms with E-state index in [1.165, 1.54) is 0 Å². The van der Waals surface area contributed by atoms with Crippen LogP contribution in [0.1, 0.15) is 26.7 Å². The zero-order chi connectivity index (χ0) is 11.5. The van der Waals surface area contributed by atoms with E-state index in [9.17, 15) is 13.2 Å². The fourth-order valence-corrected chi connectivity index (χ4v) is 3.02. The molecule has 0 saturated carbocycles. The van der Waals surface area contributed by atoms with Gasteiger partial charge in [0.2, 0.25) is 0 Å². The summed E-state index contributed by atoms with van der Waals surface area (Å²) < 4.78 is 22.3. The van der Waals surface area contributed by atoms with Gasteiger partial charge in [0, 0.05) is 12.1 Å². The van der Waals surface area contributed by atoms with E-state index < -0.39 is 9.84 Å². The van der Waals surface area contributed by atoms with Gasteiger partial charge in [-0.3, -0.25) is 0 Å². The lowest BCUT2D eigenvalue weighted by atomic mass is 10.2. The van der Waals surface area contributed by atoms with Crippen molar-refractivity contribution in [3.63, 3.8) is 0 Å². The van der Waals surface area contributed by atoms with Crippen LogP contribution in [0.2, 0.25) is 0 Å². The van der Waals surface area contributed by atoms with E-state index in [4.69, 9.17) is 0 Å². The van der Waals surface area contributed by atoms with E-state index in [-0.39, 0.29) is 29.6 Å². The van der Waals surface area contributed by atoms with Crippen molar-refractivity contribution in [3.05, 3.63) is 0 Å². The van der Waals surface area contributed by atoms with Gasteiger partial charge < -0.3 is 10.6 Å². The van der Waals surface area contributed by atoms with Crippen molar-refractivity contribution in [3.8, 4) is 0 Å². The predicted molar refractivity (Wildman–Crippen MR) is 58.5 cm³/mol. The molecule has 2 amide bonds. The summed E-state index contributed by atoms with van der Waals surface area (Å²) in [4.78, 5) is 11.3. The lowest BCUT2D eigenvalue weighted by Gasteiger charge is -2.23. The van der Waals surface area contributed by atoms with Gasteiger partial charge in [0.25, 0.3) is 0 Å². The van der Waals surface area contributed by atoms with Gasteiger partial charge >= 0.3 is 6.03 Å². The second kappa shape index (κ2) is 4.83. The fraction of sp³-hybridized carbons (Fsp3) is 0.889. The Morgan fingerprint density at radius 2 is 1.80 bits per heavy atom. The summed E-state index contributed by atoms with van der Waals surface area (Å²) >= 11 is 0. The summed E-state index contributed by atoms with van der Waals surface area (Å²) in [5.74, 6) is 0.360. The maximum Gasteiger partial charge on any atom is 0.315 e. The zero-order valence-corrected chi connectivity index (χ0v) is 9.93. The first-order valence-electron chi connectivity index (χ1n) is 5.16. The highest BCUT2D eigenvalue weighted by atomic mass is 32.2. The van der Waals surface area contributed by atoms with Gasteiger partial charge in [0.15, 0.2) is 0 Å². The van der Waals surface area contributed by atoms with Crippen molar-refractivity contribution in [1.29, 1.82) is 0 Å². The summed E-state index contributed by atoms with van der Waals surface area (Å²) in [5.41, 5.74) is 0. The Morgan fingerprint density at radius 3 is 2.27 bits per heavy atom. The number of sulfone groups is 1. The molecule has 5 nitrogen and oxygen atoms in total. The Kier molecular flexibility index (Phi) is 3.96. The molecule has 0 aromatic carbocycles. The van der Waals surface area contributed by atoms with Crippen LogP contribution < -0.4 is 10.6 Å². The fourth-order valence-electron chi connectivity index (χ4n) is 1.52. The van der Waals surface area contributed by atoms with Gasteiger partial charge in [0.1, 0.15) is 9.84 Å². The molecular weight excluding hydrogens is 216 g/mol. The van der Waals surface area contributed by atoms with E-state index in [1.807, 2.05) is 13.8 Å². The van der Waals surface area contributed by atoms with E-state index in [0.717, 1.165) is 0 Å². The van der Waals surface area contributed by atoms with Crippen LogP contribution >= 0.6 is 0 Å². The van der Waals surface area contributed by atoms with Gasteiger partial charge in [-0.05, 0) is 26.7 Å². The molecule has 1 saturated heterocycles. The third-order valence-corrected chi connectivity index (χ3v) is 4.03. The smallest absolute Gasteiger partial charge is 0.315 e. The largest absolute Gasteiger partial charge is 0.336 e. The summed E-state index contributed by atoms with van der Waals surface area (Å²) in [6, 6.07) is -0.126. The number of nitrogens with one attached hydrogen (secondary N) is 2. The Hall–Kier alpha value is -0.780. The average Bonchev–Trinajstić information content (AvgIpc) is 2.07. The van der Waals surface area contributed by atoms with E-state index in [1.54, 1.807) is 0 Å². The second-order valence-corrected chi connectivity index (χ2v) is 6.50.